The second-order valence-electron chi connectivity index (χ2n) is 7.98. The molecule has 6 heteroatoms. The van der Waals surface area contributed by atoms with Crippen LogP contribution in [0.3, 0.4) is 0 Å². The van der Waals surface area contributed by atoms with E-state index in [1.54, 1.807) is 53.4 Å². The van der Waals surface area contributed by atoms with E-state index in [1.165, 1.54) is 0 Å². The summed E-state index contributed by atoms with van der Waals surface area (Å²) < 4.78 is 0. The number of hydrogen-bond acceptors (Lipinski definition) is 3. The van der Waals surface area contributed by atoms with Gasteiger partial charge < -0.3 is 4.90 Å². The molecule has 0 saturated heterocycles. The molecule has 1 aliphatic heterocycles. The fourth-order valence-corrected chi connectivity index (χ4v) is 5.00. The van der Waals surface area contributed by atoms with E-state index in [0.29, 0.717) is 16.1 Å². The Morgan fingerprint density at radius 2 is 1.62 bits per heavy atom. The van der Waals surface area contributed by atoms with Gasteiger partial charge in [0.25, 0.3) is 11.8 Å². The van der Waals surface area contributed by atoms with Gasteiger partial charge in [0.2, 0.25) is 0 Å². The van der Waals surface area contributed by atoms with Gasteiger partial charge in [-0.15, -0.1) is 4.91 Å². The number of nitroso groups, excluding NO2 is 1. The van der Waals surface area contributed by atoms with Crippen LogP contribution in [0.25, 0.3) is 0 Å². The Hall–Kier alpha value is -3.57. The third-order valence-electron chi connectivity index (χ3n) is 6.27. The van der Waals surface area contributed by atoms with Crippen LogP contribution in [0.2, 0.25) is 5.02 Å². The fourth-order valence-electron chi connectivity index (χ4n) is 4.88. The molecule has 0 aromatic heterocycles. The number of halogens is 1. The molecular formula is C26H19ClN2O3. The fraction of sp³-hybridized carbons (Fsp3) is 0.154. The van der Waals surface area contributed by atoms with E-state index in [0.717, 1.165) is 23.1 Å². The first-order chi connectivity index (χ1) is 15.6. The highest BCUT2D eigenvalue weighted by Crippen LogP contribution is 2.48. The van der Waals surface area contributed by atoms with Crippen molar-refractivity contribution in [3.05, 3.63) is 123 Å². The van der Waals surface area contributed by atoms with Gasteiger partial charge in [-0.2, -0.15) is 0 Å². The topological polar surface area (TPSA) is 66.8 Å². The molecule has 0 radical (unpaired) electrons. The molecule has 0 bridgehead atoms. The number of carbonyl (C=O) groups excluding carboxylic acids is 2. The summed E-state index contributed by atoms with van der Waals surface area (Å²) in [6.45, 7) is 0. The molecule has 1 aliphatic carbocycles. The average Bonchev–Trinajstić information content (AvgIpc) is 2.84. The molecule has 3 atom stereocenters. The zero-order chi connectivity index (χ0) is 22.2. The molecule has 0 spiro atoms. The van der Waals surface area contributed by atoms with Gasteiger partial charge >= 0.3 is 0 Å². The van der Waals surface area contributed by atoms with Gasteiger partial charge in [0.1, 0.15) is 0 Å². The van der Waals surface area contributed by atoms with E-state index >= 15 is 0 Å². The molecule has 0 saturated carbocycles. The Balaban J connectivity index is 1.76. The minimum atomic E-state index is -0.912. The van der Waals surface area contributed by atoms with E-state index in [1.807, 2.05) is 36.4 Å². The third-order valence-corrected chi connectivity index (χ3v) is 6.53. The van der Waals surface area contributed by atoms with Crippen LogP contribution in [0.15, 0.2) is 90.1 Å². The zero-order valence-electron chi connectivity index (χ0n) is 17.0. The van der Waals surface area contributed by atoms with Crippen LogP contribution in [0.5, 0.6) is 0 Å². The van der Waals surface area contributed by atoms with Gasteiger partial charge in [-0.3, -0.25) is 9.59 Å². The first kappa shape index (κ1) is 20.3. The molecule has 2 amide bonds. The van der Waals surface area contributed by atoms with Crippen molar-refractivity contribution in [2.75, 3.05) is 0 Å². The summed E-state index contributed by atoms with van der Waals surface area (Å²) in [4.78, 5) is 40.0. The quantitative estimate of drug-likeness (QED) is 0.382. The summed E-state index contributed by atoms with van der Waals surface area (Å²) in [7, 11) is 0. The summed E-state index contributed by atoms with van der Waals surface area (Å²) in [6, 6.07) is 20.9. The number of benzene rings is 3. The highest BCUT2D eigenvalue weighted by molar-refractivity contribution is 6.30. The van der Waals surface area contributed by atoms with E-state index < -0.39 is 17.9 Å². The smallest absolute Gasteiger partial charge is 0.296 e. The molecule has 1 heterocycles. The predicted molar refractivity (Wildman–Crippen MR) is 122 cm³/mol. The standard InChI is InChI=1S/C26H19ClN2O3/c27-18-14-12-17(13-15-18)24-23(25(30)28-32)20-9-3-4-10-21(20)26(31)29(24)22-11-5-7-16-6-1-2-8-19(16)22/h1-6,8-15,22-24H,7H2. The molecule has 0 N–H and O–H groups in total. The van der Waals surface area contributed by atoms with Gasteiger partial charge in [-0.1, -0.05) is 78.4 Å². The van der Waals surface area contributed by atoms with Crippen LogP contribution >= 0.6 is 11.6 Å². The van der Waals surface area contributed by atoms with E-state index in [-0.39, 0.29) is 11.9 Å². The lowest BCUT2D eigenvalue weighted by atomic mass is 9.77. The van der Waals surface area contributed by atoms with E-state index in [9.17, 15) is 14.5 Å². The van der Waals surface area contributed by atoms with Crippen LogP contribution in [-0.2, 0) is 11.2 Å². The number of carbonyl (C=O) groups is 2. The Morgan fingerprint density at radius 1 is 0.938 bits per heavy atom. The first-order valence-electron chi connectivity index (χ1n) is 10.4. The van der Waals surface area contributed by atoms with Crippen LogP contribution in [-0.4, -0.2) is 16.7 Å². The van der Waals surface area contributed by atoms with Gasteiger partial charge in [-0.05, 0) is 46.9 Å². The number of fused-ring (bicyclic) bond motifs is 2. The maximum absolute atomic E-state index is 13.9. The number of allylic oxidation sites excluding steroid dienone is 1. The Labute approximate surface area is 190 Å². The second kappa shape index (κ2) is 8.17. The Kier molecular flexibility index (Phi) is 5.19. The summed E-state index contributed by atoms with van der Waals surface area (Å²) in [5, 5.41) is 3.33. The van der Waals surface area contributed by atoms with Crippen LogP contribution in [0.4, 0.5) is 0 Å². The lowest BCUT2D eigenvalue weighted by Crippen LogP contribution is -2.46. The number of amides is 2. The number of hydrogen-bond donors (Lipinski definition) is 0. The molecule has 0 fully saturated rings. The van der Waals surface area contributed by atoms with Crippen molar-refractivity contribution in [2.45, 2.75) is 24.4 Å². The Morgan fingerprint density at radius 3 is 2.38 bits per heavy atom. The van der Waals surface area contributed by atoms with Crippen LogP contribution < -0.4 is 0 Å². The van der Waals surface area contributed by atoms with Crippen LogP contribution in [0.1, 0.15) is 50.6 Å². The minimum Gasteiger partial charge on any atom is -0.320 e. The van der Waals surface area contributed by atoms with Gasteiger partial charge in [0.15, 0.2) is 0 Å². The molecule has 2 aliphatic rings. The summed E-state index contributed by atoms with van der Waals surface area (Å²) in [6.07, 6.45) is 4.80. The molecular weight excluding hydrogens is 424 g/mol. The molecule has 5 rings (SSSR count). The lowest BCUT2D eigenvalue weighted by Gasteiger charge is -2.45. The molecule has 3 unspecified atom stereocenters. The van der Waals surface area contributed by atoms with E-state index in [4.69, 9.17) is 11.6 Å². The highest BCUT2D eigenvalue weighted by Gasteiger charge is 2.47. The number of nitrogens with zero attached hydrogens (tertiary/aromatic N) is 2. The van der Waals surface area contributed by atoms with Crippen molar-refractivity contribution < 1.29 is 9.59 Å². The average molecular weight is 443 g/mol. The van der Waals surface area contributed by atoms with Crippen molar-refractivity contribution in [3.63, 3.8) is 0 Å². The maximum Gasteiger partial charge on any atom is 0.296 e. The lowest BCUT2D eigenvalue weighted by molar-refractivity contribution is -0.121. The molecule has 32 heavy (non-hydrogen) atoms. The minimum absolute atomic E-state index is 0.193. The summed E-state index contributed by atoms with van der Waals surface area (Å²) in [5.41, 5.74) is 3.78. The van der Waals surface area contributed by atoms with Gasteiger partial charge in [0.05, 0.1) is 18.0 Å². The Bertz CT molecular complexity index is 1250. The van der Waals surface area contributed by atoms with Crippen molar-refractivity contribution in [1.82, 2.24) is 4.90 Å². The highest BCUT2D eigenvalue weighted by atomic mass is 35.5. The zero-order valence-corrected chi connectivity index (χ0v) is 17.8. The molecule has 3 aromatic rings. The van der Waals surface area contributed by atoms with Crippen molar-refractivity contribution in [1.29, 1.82) is 0 Å². The van der Waals surface area contributed by atoms with E-state index in [2.05, 4.69) is 5.18 Å². The van der Waals surface area contributed by atoms with Gasteiger partial charge in [-0.25, -0.2) is 0 Å². The normalized spacial score (nSPS) is 21.6. The SMILES string of the molecule is O=NC(=O)C1c2ccccc2C(=O)N(C2C=CCc3ccccc32)C1c1ccc(Cl)cc1. The largest absolute Gasteiger partial charge is 0.320 e. The van der Waals surface area contributed by atoms with Crippen molar-refractivity contribution in [3.8, 4) is 0 Å². The monoisotopic (exact) mass is 442 g/mol. The summed E-state index contributed by atoms with van der Waals surface area (Å²) >= 11 is 6.11. The number of rotatable bonds is 3. The molecule has 5 nitrogen and oxygen atoms in total. The maximum atomic E-state index is 13.9. The van der Waals surface area contributed by atoms with Crippen molar-refractivity contribution >= 4 is 23.4 Å². The molecule has 158 valence electrons. The van der Waals surface area contributed by atoms with Gasteiger partial charge in [0, 0.05) is 15.8 Å². The first-order valence-corrected chi connectivity index (χ1v) is 10.8. The molecule has 3 aromatic carbocycles. The third kappa shape index (κ3) is 3.26. The summed E-state index contributed by atoms with van der Waals surface area (Å²) in [5.74, 6) is -1.91. The van der Waals surface area contributed by atoms with Crippen molar-refractivity contribution in [2.24, 2.45) is 5.18 Å². The van der Waals surface area contributed by atoms with Crippen LogP contribution in [0, 0.1) is 4.91 Å². The predicted octanol–water partition coefficient (Wildman–Crippen LogP) is 5.77. The second-order valence-corrected chi connectivity index (χ2v) is 8.42.